The highest BCUT2D eigenvalue weighted by atomic mass is 32.2. The van der Waals surface area contributed by atoms with Crippen LogP contribution in [0.15, 0.2) is 18.2 Å². The number of halogens is 1. The van der Waals surface area contributed by atoms with Crippen LogP contribution in [0.4, 0.5) is 4.39 Å². The molecule has 1 atom stereocenters. The Balaban J connectivity index is 2.76. The van der Waals surface area contributed by atoms with Crippen molar-refractivity contribution in [1.29, 1.82) is 0 Å². The lowest BCUT2D eigenvalue weighted by Gasteiger charge is -2.25. The second kappa shape index (κ2) is 6.99. The monoisotopic (exact) mass is 256 g/mol. The van der Waals surface area contributed by atoms with Crippen LogP contribution in [0.5, 0.6) is 0 Å². The lowest BCUT2D eigenvalue weighted by Crippen LogP contribution is -2.31. The van der Waals surface area contributed by atoms with E-state index in [1.807, 2.05) is 11.8 Å². The molecule has 0 saturated heterocycles. The summed E-state index contributed by atoms with van der Waals surface area (Å²) in [4.78, 5) is 2.23. The van der Waals surface area contributed by atoms with Gasteiger partial charge in [-0.15, -0.1) is 0 Å². The van der Waals surface area contributed by atoms with E-state index in [1.54, 1.807) is 12.1 Å². The Morgan fingerprint density at radius 3 is 2.71 bits per heavy atom. The van der Waals surface area contributed by atoms with Crippen LogP contribution < -0.4 is 5.73 Å². The molecule has 0 heterocycles. The molecule has 0 saturated carbocycles. The molecule has 0 amide bonds. The van der Waals surface area contributed by atoms with Gasteiger partial charge >= 0.3 is 0 Å². The number of nitrogens with zero attached hydrogens (tertiary/aromatic N) is 1. The summed E-state index contributed by atoms with van der Waals surface area (Å²) >= 11 is 1.82. The fraction of sp³-hybridized carbons (Fsp3) is 0.538. The number of benzene rings is 1. The fourth-order valence-corrected chi connectivity index (χ4v) is 2.47. The zero-order valence-electron chi connectivity index (χ0n) is 10.7. The van der Waals surface area contributed by atoms with Crippen LogP contribution in [-0.2, 0) is 13.1 Å². The van der Waals surface area contributed by atoms with Crippen molar-refractivity contribution in [3.8, 4) is 0 Å². The fourth-order valence-electron chi connectivity index (χ4n) is 1.73. The first-order valence-electron chi connectivity index (χ1n) is 5.75. The molecule has 0 aliphatic carbocycles. The molecule has 0 aliphatic rings. The summed E-state index contributed by atoms with van der Waals surface area (Å²) < 4.78 is 13.2. The van der Waals surface area contributed by atoms with Gasteiger partial charge in [0.15, 0.2) is 0 Å². The van der Waals surface area contributed by atoms with Gasteiger partial charge in [-0.05, 0) is 43.5 Å². The lowest BCUT2D eigenvalue weighted by molar-refractivity contribution is 0.268. The highest BCUT2D eigenvalue weighted by Gasteiger charge is 2.11. The van der Waals surface area contributed by atoms with E-state index in [0.29, 0.717) is 12.6 Å². The molecule has 1 aromatic rings. The van der Waals surface area contributed by atoms with E-state index in [1.165, 1.54) is 6.07 Å². The highest BCUT2D eigenvalue weighted by Crippen LogP contribution is 2.15. The lowest BCUT2D eigenvalue weighted by atomic mass is 10.1. The van der Waals surface area contributed by atoms with E-state index >= 15 is 0 Å². The number of thioether (sulfide) groups is 1. The average molecular weight is 256 g/mol. The van der Waals surface area contributed by atoms with Gasteiger partial charge in [-0.1, -0.05) is 6.07 Å². The van der Waals surface area contributed by atoms with Crippen molar-refractivity contribution in [3.63, 3.8) is 0 Å². The van der Waals surface area contributed by atoms with Crippen LogP contribution in [0.3, 0.4) is 0 Å². The molecule has 2 N–H and O–H groups in total. The molecule has 2 nitrogen and oxygen atoms in total. The van der Waals surface area contributed by atoms with Crippen LogP contribution in [0, 0.1) is 5.82 Å². The maximum Gasteiger partial charge on any atom is 0.123 e. The minimum atomic E-state index is -0.192. The average Bonchev–Trinajstić information content (AvgIpc) is 2.29. The summed E-state index contributed by atoms with van der Waals surface area (Å²) in [5, 5.41) is 0. The Morgan fingerprint density at radius 2 is 2.12 bits per heavy atom. The van der Waals surface area contributed by atoms with E-state index in [0.717, 1.165) is 23.4 Å². The van der Waals surface area contributed by atoms with Gasteiger partial charge in [0.05, 0.1) is 0 Å². The Hall–Kier alpha value is -0.580. The van der Waals surface area contributed by atoms with Gasteiger partial charge in [0, 0.05) is 24.9 Å². The van der Waals surface area contributed by atoms with Gasteiger partial charge in [0.2, 0.25) is 0 Å². The quantitative estimate of drug-likeness (QED) is 0.848. The summed E-state index contributed by atoms with van der Waals surface area (Å²) in [5.74, 6) is 0.882. The Kier molecular flexibility index (Phi) is 5.95. The van der Waals surface area contributed by atoms with Gasteiger partial charge in [0.1, 0.15) is 5.82 Å². The molecule has 96 valence electrons. The van der Waals surface area contributed by atoms with Gasteiger partial charge in [-0.25, -0.2) is 4.39 Å². The third-order valence-electron chi connectivity index (χ3n) is 2.97. The summed E-state index contributed by atoms with van der Waals surface area (Å²) in [7, 11) is 2.06. The predicted molar refractivity (Wildman–Crippen MR) is 73.6 cm³/mol. The maximum atomic E-state index is 13.2. The minimum absolute atomic E-state index is 0.192. The molecule has 17 heavy (non-hydrogen) atoms. The largest absolute Gasteiger partial charge is 0.326 e. The van der Waals surface area contributed by atoms with E-state index in [2.05, 4.69) is 25.1 Å². The van der Waals surface area contributed by atoms with Gasteiger partial charge in [0.25, 0.3) is 0 Å². The third-order valence-corrected chi connectivity index (χ3v) is 3.78. The Morgan fingerprint density at radius 1 is 1.41 bits per heavy atom. The molecule has 4 heteroatoms. The topological polar surface area (TPSA) is 29.3 Å². The molecule has 0 aromatic heterocycles. The van der Waals surface area contributed by atoms with Crippen LogP contribution in [-0.4, -0.2) is 30.0 Å². The first-order valence-corrected chi connectivity index (χ1v) is 7.14. The van der Waals surface area contributed by atoms with Gasteiger partial charge in [-0.2, -0.15) is 11.8 Å². The zero-order valence-corrected chi connectivity index (χ0v) is 11.6. The van der Waals surface area contributed by atoms with Crippen LogP contribution in [0.25, 0.3) is 0 Å². The number of nitrogens with two attached hydrogens (primary N) is 1. The van der Waals surface area contributed by atoms with Gasteiger partial charge in [-0.3, -0.25) is 4.90 Å². The second-order valence-electron chi connectivity index (χ2n) is 4.34. The van der Waals surface area contributed by atoms with Crippen molar-refractivity contribution in [2.75, 3.05) is 19.1 Å². The smallest absolute Gasteiger partial charge is 0.123 e. The van der Waals surface area contributed by atoms with E-state index in [9.17, 15) is 4.39 Å². The molecule has 0 aliphatic heterocycles. The molecule has 0 bridgehead atoms. The van der Waals surface area contributed by atoms with Crippen molar-refractivity contribution in [3.05, 3.63) is 35.1 Å². The zero-order chi connectivity index (χ0) is 12.8. The summed E-state index contributed by atoms with van der Waals surface area (Å²) in [6.45, 7) is 3.38. The third kappa shape index (κ3) is 4.30. The molecule has 1 unspecified atom stereocenters. The SMILES string of the molecule is CSCC(C)N(C)Cc1cc(F)ccc1CN. The first kappa shape index (κ1) is 14.5. The first-order chi connectivity index (χ1) is 8.08. The standard InChI is InChI=1S/C13H21FN2S/c1-10(9-17-3)16(2)8-12-6-13(14)5-4-11(12)7-15/h4-6,10H,7-9,15H2,1-3H3. The summed E-state index contributed by atoms with van der Waals surface area (Å²) in [5.41, 5.74) is 7.68. The van der Waals surface area contributed by atoms with Crippen molar-refractivity contribution in [2.45, 2.75) is 26.1 Å². The summed E-state index contributed by atoms with van der Waals surface area (Å²) in [6.07, 6.45) is 2.10. The van der Waals surface area contributed by atoms with Crippen molar-refractivity contribution in [2.24, 2.45) is 5.73 Å². The van der Waals surface area contributed by atoms with Crippen molar-refractivity contribution >= 4 is 11.8 Å². The molecule has 0 radical (unpaired) electrons. The molecular weight excluding hydrogens is 235 g/mol. The van der Waals surface area contributed by atoms with E-state index in [4.69, 9.17) is 5.73 Å². The second-order valence-corrected chi connectivity index (χ2v) is 5.25. The Bertz CT molecular complexity index is 357. The highest BCUT2D eigenvalue weighted by molar-refractivity contribution is 7.98. The van der Waals surface area contributed by atoms with Crippen molar-refractivity contribution in [1.82, 2.24) is 4.90 Å². The maximum absolute atomic E-state index is 13.2. The van der Waals surface area contributed by atoms with Crippen LogP contribution in [0.2, 0.25) is 0 Å². The Labute approximate surface area is 107 Å². The van der Waals surface area contributed by atoms with Crippen molar-refractivity contribution < 1.29 is 4.39 Å². The van der Waals surface area contributed by atoms with Crippen LogP contribution in [0.1, 0.15) is 18.1 Å². The number of hydrogen-bond donors (Lipinski definition) is 1. The minimum Gasteiger partial charge on any atom is -0.326 e. The van der Waals surface area contributed by atoms with Gasteiger partial charge < -0.3 is 5.73 Å². The molecule has 0 fully saturated rings. The van der Waals surface area contributed by atoms with E-state index in [-0.39, 0.29) is 5.82 Å². The molecule has 1 rings (SSSR count). The van der Waals surface area contributed by atoms with E-state index < -0.39 is 0 Å². The molecule has 1 aromatic carbocycles. The number of rotatable bonds is 6. The molecular formula is C13H21FN2S. The van der Waals surface area contributed by atoms with Crippen LogP contribution >= 0.6 is 11.8 Å². The molecule has 0 spiro atoms. The normalized spacial score (nSPS) is 13.1. The predicted octanol–water partition coefficient (Wildman–Crippen LogP) is 2.47. The number of hydrogen-bond acceptors (Lipinski definition) is 3. The summed E-state index contributed by atoms with van der Waals surface area (Å²) in [6, 6.07) is 5.30.